The van der Waals surface area contributed by atoms with Crippen molar-refractivity contribution in [3.8, 4) is 0 Å². The smallest absolute Gasteiger partial charge is 0.310 e. The summed E-state index contributed by atoms with van der Waals surface area (Å²) < 4.78 is 16.8. The number of ether oxygens (including phenoxy) is 3. The fourth-order valence-corrected chi connectivity index (χ4v) is 10.6. The predicted octanol–water partition coefficient (Wildman–Crippen LogP) is 24.8. The number of unbranched alkanes of at least 4 members (excludes halogenated alkanes) is 44. The van der Waals surface area contributed by atoms with Crippen molar-refractivity contribution in [2.24, 2.45) is 0 Å². The van der Waals surface area contributed by atoms with E-state index in [0.717, 1.165) is 83.5 Å². The van der Waals surface area contributed by atoms with Gasteiger partial charge in [-0.05, 0) is 70.6 Å². The van der Waals surface area contributed by atoms with E-state index in [1.165, 1.54) is 250 Å². The van der Waals surface area contributed by atoms with Crippen LogP contribution in [0.4, 0.5) is 0 Å². The predicted molar refractivity (Wildman–Crippen MR) is 358 cm³/mol. The lowest BCUT2D eigenvalue weighted by Gasteiger charge is -2.18. The Bertz CT molecular complexity index is 1500. The molecule has 1 atom stereocenters. The zero-order valence-electron chi connectivity index (χ0n) is 54.8. The van der Waals surface area contributed by atoms with Crippen molar-refractivity contribution in [1.29, 1.82) is 0 Å². The first-order valence-corrected chi connectivity index (χ1v) is 35.9. The third kappa shape index (κ3) is 67.6. The Labute approximate surface area is 510 Å². The highest BCUT2D eigenvalue weighted by atomic mass is 16.6. The number of carbonyl (C=O) groups excluding carboxylic acids is 3. The van der Waals surface area contributed by atoms with Gasteiger partial charge in [0.05, 0.1) is 6.42 Å². The zero-order valence-corrected chi connectivity index (χ0v) is 54.8. The minimum atomic E-state index is -0.833. The molecule has 0 aliphatic heterocycles. The number of hydrogen-bond donors (Lipinski definition) is 0. The molecular formula is C76H136O6. The van der Waals surface area contributed by atoms with Crippen LogP contribution in [0.15, 0.2) is 72.9 Å². The Morgan fingerprint density at radius 2 is 0.512 bits per heavy atom. The summed E-state index contributed by atoms with van der Waals surface area (Å²) in [6, 6.07) is 0. The molecule has 0 radical (unpaired) electrons. The molecule has 6 nitrogen and oxygen atoms in total. The van der Waals surface area contributed by atoms with Crippen LogP contribution in [0, 0.1) is 0 Å². The van der Waals surface area contributed by atoms with Gasteiger partial charge in [-0.15, -0.1) is 0 Å². The highest BCUT2D eigenvalue weighted by Gasteiger charge is 2.19. The highest BCUT2D eigenvalue weighted by Crippen LogP contribution is 2.18. The van der Waals surface area contributed by atoms with Crippen LogP contribution in [0.25, 0.3) is 0 Å². The molecule has 0 heterocycles. The van der Waals surface area contributed by atoms with Gasteiger partial charge < -0.3 is 14.2 Å². The minimum absolute atomic E-state index is 0.0978. The van der Waals surface area contributed by atoms with Crippen molar-refractivity contribution in [2.75, 3.05) is 13.2 Å². The van der Waals surface area contributed by atoms with Crippen molar-refractivity contribution < 1.29 is 28.6 Å². The number of hydrogen-bond acceptors (Lipinski definition) is 6. The summed E-state index contributed by atoms with van der Waals surface area (Å²) in [5.41, 5.74) is 0. The number of allylic oxidation sites excluding steroid dienone is 11. The van der Waals surface area contributed by atoms with Crippen LogP contribution in [0.5, 0.6) is 0 Å². The fraction of sp³-hybridized carbons (Fsp3) is 0.803. The maximum absolute atomic E-state index is 12.8. The van der Waals surface area contributed by atoms with Gasteiger partial charge in [0.2, 0.25) is 0 Å². The average molecular weight is 1150 g/mol. The Morgan fingerprint density at radius 3 is 0.793 bits per heavy atom. The second kappa shape index (κ2) is 70.3. The van der Waals surface area contributed by atoms with Gasteiger partial charge in [0.15, 0.2) is 6.10 Å². The molecule has 0 bridgehead atoms. The van der Waals surface area contributed by atoms with Crippen LogP contribution in [-0.4, -0.2) is 37.2 Å². The molecule has 0 N–H and O–H groups in total. The van der Waals surface area contributed by atoms with Gasteiger partial charge in [-0.1, -0.05) is 357 Å². The Kier molecular flexibility index (Phi) is 67.6. The molecule has 6 heteroatoms. The van der Waals surface area contributed by atoms with Crippen molar-refractivity contribution in [3.63, 3.8) is 0 Å². The van der Waals surface area contributed by atoms with Crippen molar-refractivity contribution in [1.82, 2.24) is 0 Å². The molecule has 82 heavy (non-hydrogen) atoms. The first kappa shape index (κ1) is 78.8. The van der Waals surface area contributed by atoms with E-state index >= 15 is 0 Å². The Hall–Kier alpha value is -3.15. The summed E-state index contributed by atoms with van der Waals surface area (Å²) in [6.07, 6.45) is 92.8. The summed E-state index contributed by atoms with van der Waals surface area (Å²) in [5.74, 6) is -1.04. The van der Waals surface area contributed by atoms with Crippen LogP contribution in [-0.2, 0) is 28.6 Å². The van der Waals surface area contributed by atoms with Crippen LogP contribution in [0.1, 0.15) is 374 Å². The second-order valence-corrected chi connectivity index (χ2v) is 24.1. The molecule has 0 aliphatic rings. The number of esters is 3. The van der Waals surface area contributed by atoms with Crippen molar-refractivity contribution in [2.45, 2.75) is 380 Å². The normalized spacial score (nSPS) is 12.5. The molecule has 0 aromatic rings. The van der Waals surface area contributed by atoms with Gasteiger partial charge in [0, 0.05) is 12.8 Å². The van der Waals surface area contributed by atoms with E-state index < -0.39 is 12.1 Å². The molecule has 0 rings (SSSR count). The van der Waals surface area contributed by atoms with E-state index in [9.17, 15) is 14.4 Å². The monoisotopic (exact) mass is 1150 g/mol. The molecule has 0 spiro atoms. The maximum Gasteiger partial charge on any atom is 0.310 e. The second-order valence-electron chi connectivity index (χ2n) is 24.1. The summed E-state index contributed by atoms with van der Waals surface area (Å²) >= 11 is 0. The number of carbonyl (C=O) groups is 3. The lowest BCUT2D eigenvalue weighted by Crippen LogP contribution is -2.30. The highest BCUT2D eigenvalue weighted by molar-refractivity contribution is 5.72. The Morgan fingerprint density at radius 1 is 0.268 bits per heavy atom. The third-order valence-electron chi connectivity index (χ3n) is 16.0. The van der Waals surface area contributed by atoms with Crippen LogP contribution in [0.3, 0.4) is 0 Å². The van der Waals surface area contributed by atoms with Gasteiger partial charge in [-0.2, -0.15) is 0 Å². The van der Waals surface area contributed by atoms with E-state index in [2.05, 4.69) is 81.5 Å². The molecule has 0 saturated carbocycles. The topological polar surface area (TPSA) is 78.9 Å². The summed E-state index contributed by atoms with van der Waals surface area (Å²) in [7, 11) is 0. The van der Waals surface area contributed by atoms with Crippen LogP contribution >= 0.6 is 0 Å². The maximum atomic E-state index is 12.8. The number of rotatable bonds is 66. The van der Waals surface area contributed by atoms with Gasteiger partial charge >= 0.3 is 17.9 Å². The molecule has 0 amide bonds. The van der Waals surface area contributed by atoms with Crippen molar-refractivity contribution in [3.05, 3.63) is 72.9 Å². The summed E-state index contributed by atoms with van der Waals surface area (Å²) in [6.45, 7) is 6.48. The van der Waals surface area contributed by atoms with E-state index in [-0.39, 0.29) is 31.6 Å². The van der Waals surface area contributed by atoms with E-state index in [4.69, 9.17) is 14.2 Å². The molecule has 0 saturated heterocycles. The molecule has 0 aromatic carbocycles. The van der Waals surface area contributed by atoms with E-state index in [1.807, 2.05) is 6.08 Å². The largest absolute Gasteiger partial charge is 0.462 e. The summed E-state index contributed by atoms with van der Waals surface area (Å²) in [5, 5.41) is 0. The van der Waals surface area contributed by atoms with E-state index in [1.54, 1.807) is 6.08 Å². The van der Waals surface area contributed by atoms with Gasteiger partial charge in [0.25, 0.3) is 0 Å². The molecule has 476 valence electrons. The van der Waals surface area contributed by atoms with Crippen molar-refractivity contribution >= 4 is 17.9 Å². The SMILES string of the molecule is CC/C=C\C/C=C\C/C=C\C/C=C\C/C=C\CC(=O)OC(COC(=O)CCCCCCC/C=C\CCCCCCCC)COC(=O)CCCCCCCCCCCCCCCCCCCCCCCCCCCCCCCCCCCC. The fourth-order valence-electron chi connectivity index (χ4n) is 10.6. The van der Waals surface area contributed by atoms with Crippen LogP contribution < -0.4 is 0 Å². The zero-order chi connectivity index (χ0) is 59.2. The first-order valence-electron chi connectivity index (χ1n) is 35.9. The molecular weight excluding hydrogens is 1010 g/mol. The van der Waals surface area contributed by atoms with E-state index in [0.29, 0.717) is 12.8 Å². The third-order valence-corrected chi connectivity index (χ3v) is 16.0. The van der Waals surface area contributed by atoms with Crippen LogP contribution in [0.2, 0.25) is 0 Å². The van der Waals surface area contributed by atoms with Gasteiger partial charge in [-0.3, -0.25) is 14.4 Å². The minimum Gasteiger partial charge on any atom is -0.462 e. The lowest BCUT2D eigenvalue weighted by molar-refractivity contribution is -0.166. The molecule has 0 aromatic heterocycles. The van der Waals surface area contributed by atoms with Gasteiger partial charge in [0.1, 0.15) is 13.2 Å². The quantitative estimate of drug-likeness (QED) is 0.0261. The Balaban J connectivity index is 4.15. The standard InChI is InChI=1S/C76H136O6/c1-4-7-10-13-16-19-22-25-28-29-30-31-32-33-34-35-36-37-38-39-40-41-42-43-44-45-46-49-51-54-57-60-63-66-69-75(78)81-72-73(82-76(79)70-67-64-61-58-55-52-48-27-24-21-18-15-12-9-6-3)71-80-74(77)68-65-62-59-56-53-50-47-26-23-20-17-14-11-8-5-2/h9,12,18,21,26-27,47-48,55,58,64,67,73H,4-8,10-11,13-17,19-20,22-25,28-46,49-54,56-57,59-63,65-66,68-72H2,1-3H3/b12-9-,21-18-,47-26-,48-27-,58-55-,67-64-. The molecule has 0 aliphatic carbocycles. The first-order chi connectivity index (χ1) is 40.5. The molecule has 1 unspecified atom stereocenters. The average Bonchev–Trinajstić information content (AvgIpc) is 3.47. The molecule has 0 fully saturated rings. The summed E-state index contributed by atoms with van der Waals surface area (Å²) in [4.78, 5) is 38.3. The van der Waals surface area contributed by atoms with Gasteiger partial charge in [-0.25, -0.2) is 0 Å². The lowest BCUT2D eigenvalue weighted by atomic mass is 10.0.